The maximum absolute atomic E-state index is 13.0. The summed E-state index contributed by atoms with van der Waals surface area (Å²) in [5, 5.41) is 2.87. The monoisotopic (exact) mass is 410 g/mol. The number of carbonyl (C=O) groups is 1. The summed E-state index contributed by atoms with van der Waals surface area (Å²) in [6, 6.07) is 10.2. The Kier molecular flexibility index (Phi) is 5.69. The van der Waals surface area contributed by atoms with Crippen LogP contribution in [0.1, 0.15) is 21.7 Å². The van der Waals surface area contributed by atoms with Crippen LogP contribution in [0.25, 0.3) is 5.13 Å². The highest BCUT2D eigenvalue weighted by atomic mass is 32.1. The van der Waals surface area contributed by atoms with E-state index in [1.165, 1.54) is 5.69 Å². The van der Waals surface area contributed by atoms with E-state index in [-0.39, 0.29) is 5.78 Å². The number of carbonyl (C=O) groups excluding carboxylic acids is 1. The van der Waals surface area contributed by atoms with Crippen molar-refractivity contribution in [2.75, 3.05) is 44.7 Å². The molecule has 1 aliphatic rings. The van der Waals surface area contributed by atoms with Crippen molar-refractivity contribution in [1.82, 2.24) is 14.5 Å². The Morgan fingerprint density at radius 2 is 1.86 bits per heavy atom. The molecule has 3 aromatic rings. The van der Waals surface area contributed by atoms with Gasteiger partial charge in [0.25, 0.3) is 0 Å². The van der Waals surface area contributed by atoms with Crippen LogP contribution in [0.4, 0.5) is 5.69 Å². The second-order valence-electron chi connectivity index (χ2n) is 7.32. The molecule has 0 aliphatic carbocycles. The Hall–Kier alpha value is -2.64. The number of hydrogen-bond acceptors (Lipinski definition) is 6. The third kappa shape index (κ3) is 4.06. The lowest BCUT2D eigenvalue weighted by atomic mass is 10.1. The summed E-state index contributed by atoms with van der Waals surface area (Å²) in [5.41, 5.74) is 4.02. The second-order valence-corrected chi connectivity index (χ2v) is 8.19. The largest absolute Gasteiger partial charge is 0.497 e. The van der Waals surface area contributed by atoms with E-state index >= 15 is 0 Å². The third-order valence-corrected chi connectivity index (χ3v) is 6.28. The number of hydrogen-bond donors (Lipinski definition) is 0. The fourth-order valence-corrected chi connectivity index (χ4v) is 4.66. The average molecular weight is 411 g/mol. The van der Waals surface area contributed by atoms with E-state index in [0.717, 1.165) is 54.0 Å². The van der Waals surface area contributed by atoms with Crippen LogP contribution in [0, 0.1) is 13.8 Å². The topological polar surface area (TPSA) is 50.6 Å². The number of benzene rings is 1. The fraction of sp³-hybridized carbons (Fsp3) is 0.364. The summed E-state index contributed by atoms with van der Waals surface area (Å²) in [5.74, 6) is 1.05. The first kappa shape index (κ1) is 19.7. The van der Waals surface area contributed by atoms with E-state index in [1.807, 2.05) is 37.4 Å². The molecule has 1 fully saturated rings. The highest BCUT2D eigenvalue weighted by molar-refractivity contribution is 7.12. The van der Waals surface area contributed by atoms with Crippen molar-refractivity contribution in [2.24, 2.45) is 0 Å². The zero-order chi connectivity index (χ0) is 20.4. The first-order valence-corrected chi connectivity index (χ1v) is 10.7. The molecule has 0 saturated carbocycles. The van der Waals surface area contributed by atoms with Gasteiger partial charge in [-0.2, -0.15) is 0 Å². The van der Waals surface area contributed by atoms with Crippen LogP contribution in [0.3, 0.4) is 0 Å². The normalized spacial score (nSPS) is 14.9. The molecule has 0 radical (unpaired) electrons. The van der Waals surface area contributed by atoms with Crippen LogP contribution < -0.4 is 9.64 Å². The van der Waals surface area contributed by atoms with Crippen LogP contribution in [0.2, 0.25) is 0 Å². The first-order chi connectivity index (χ1) is 14.1. The lowest BCUT2D eigenvalue weighted by molar-refractivity contribution is 0.0926. The summed E-state index contributed by atoms with van der Waals surface area (Å²) in [7, 11) is 1.68. The predicted molar refractivity (Wildman–Crippen MR) is 117 cm³/mol. The second kappa shape index (κ2) is 8.39. The summed E-state index contributed by atoms with van der Waals surface area (Å²) < 4.78 is 7.30. The standard InChI is InChI=1S/C22H26N4O2S/c1-16-14-20(17(2)26(16)22-23-8-13-29-22)21(27)15-24-9-11-25(12-10-24)18-4-6-19(28-3)7-5-18/h4-8,13-14H,9-12,15H2,1-3H3. The van der Waals surface area contributed by atoms with Crippen LogP contribution in [-0.2, 0) is 0 Å². The molecular formula is C22H26N4O2S. The van der Waals surface area contributed by atoms with Crippen molar-refractivity contribution in [2.45, 2.75) is 13.8 Å². The highest BCUT2D eigenvalue weighted by Crippen LogP contribution is 2.24. The van der Waals surface area contributed by atoms with Crippen molar-refractivity contribution < 1.29 is 9.53 Å². The number of anilines is 1. The highest BCUT2D eigenvalue weighted by Gasteiger charge is 2.23. The number of ketones is 1. The van der Waals surface area contributed by atoms with E-state index in [1.54, 1.807) is 24.6 Å². The minimum Gasteiger partial charge on any atom is -0.497 e. The molecule has 1 aromatic carbocycles. The van der Waals surface area contributed by atoms with Crippen LogP contribution >= 0.6 is 11.3 Å². The molecule has 1 saturated heterocycles. The average Bonchev–Trinajstić information content (AvgIpc) is 3.36. The number of aromatic nitrogens is 2. The number of thiazole rings is 1. The van der Waals surface area contributed by atoms with Gasteiger partial charge in [-0.25, -0.2) is 4.98 Å². The molecule has 0 unspecified atom stereocenters. The maximum Gasteiger partial charge on any atom is 0.193 e. The quantitative estimate of drug-likeness (QED) is 0.582. The maximum atomic E-state index is 13.0. The van der Waals surface area contributed by atoms with Gasteiger partial charge in [0.1, 0.15) is 5.75 Å². The number of nitrogens with zero attached hydrogens (tertiary/aromatic N) is 4. The predicted octanol–water partition coefficient (Wildman–Crippen LogP) is 3.56. The number of methoxy groups -OCH3 is 1. The Morgan fingerprint density at radius 3 is 2.48 bits per heavy atom. The first-order valence-electron chi connectivity index (χ1n) is 9.80. The van der Waals surface area contributed by atoms with Gasteiger partial charge in [-0.3, -0.25) is 14.3 Å². The van der Waals surface area contributed by atoms with E-state index in [4.69, 9.17) is 4.74 Å². The van der Waals surface area contributed by atoms with Gasteiger partial charge in [-0.15, -0.1) is 11.3 Å². The zero-order valence-electron chi connectivity index (χ0n) is 17.1. The Morgan fingerprint density at radius 1 is 1.14 bits per heavy atom. The smallest absolute Gasteiger partial charge is 0.193 e. The van der Waals surface area contributed by atoms with E-state index in [9.17, 15) is 4.79 Å². The van der Waals surface area contributed by atoms with Gasteiger partial charge in [-0.05, 0) is 44.2 Å². The van der Waals surface area contributed by atoms with Gasteiger partial charge in [0.05, 0.1) is 13.7 Å². The zero-order valence-corrected chi connectivity index (χ0v) is 17.9. The molecule has 0 amide bonds. The van der Waals surface area contributed by atoms with Crippen LogP contribution in [0.5, 0.6) is 5.75 Å². The van der Waals surface area contributed by atoms with E-state index in [2.05, 4.69) is 31.5 Å². The number of piperazine rings is 1. The molecule has 0 spiro atoms. The summed E-state index contributed by atoms with van der Waals surface area (Å²) >= 11 is 1.58. The van der Waals surface area contributed by atoms with Gasteiger partial charge < -0.3 is 9.64 Å². The molecule has 7 heteroatoms. The molecule has 0 atom stereocenters. The fourth-order valence-electron chi connectivity index (χ4n) is 3.91. The molecule has 0 N–H and O–H groups in total. The van der Waals surface area contributed by atoms with Gasteiger partial charge >= 0.3 is 0 Å². The van der Waals surface area contributed by atoms with Gasteiger partial charge in [0, 0.05) is 60.4 Å². The molecule has 1 aliphatic heterocycles. The van der Waals surface area contributed by atoms with Gasteiger partial charge in [-0.1, -0.05) is 0 Å². The Balaban J connectivity index is 1.38. The van der Waals surface area contributed by atoms with Crippen molar-refractivity contribution in [3.8, 4) is 10.9 Å². The number of ether oxygens (including phenoxy) is 1. The molecular weight excluding hydrogens is 384 g/mol. The number of rotatable bonds is 6. The van der Waals surface area contributed by atoms with Crippen molar-refractivity contribution in [3.63, 3.8) is 0 Å². The molecule has 29 heavy (non-hydrogen) atoms. The van der Waals surface area contributed by atoms with Crippen molar-refractivity contribution in [1.29, 1.82) is 0 Å². The lowest BCUT2D eigenvalue weighted by Crippen LogP contribution is -2.48. The molecule has 3 heterocycles. The molecule has 2 aromatic heterocycles. The van der Waals surface area contributed by atoms with Gasteiger partial charge in [0.2, 0.25) is 0 Å². The molecule has 6 nitrogen and oxygen atoms in total. The van der Waals surface area contributed by atoms with E-state index in [0.29, 0.717) is 6.54 Å². The molecule has 0 bridgehead atoms. The Bertz CT molecular complexity index is 971. The summed E-state index contributed by atoms with van der Waals surface area (Å²) in [6.45, 7) is 8.07. The van der Waals surface area contributed by atoms with Crippen molar-refractivity contribution >= 4 is 22.8 Å². The molecule has 4 rings (SSSR count). The van der Waals surface area contributed by atoms with Crippen molar-refractivity contribution in [3.05, 3.63) is 58.9 Å². The number of aryl methyl sites for hydroxylation is 1. The minimum absolute atomic E-state index is 0.179. The minimum atomic E-state index is 0.179. The summed E-state index contributed by atoms with van der Waals surface area (Å²) in [6.07, 6.45) is 1.79. The number of Topliss-reactive ketones (excluding diaryl/α,β-unsaturated/α-hetero) is 1. The third-order valence-electron chi connectivity index (χ3n) is 5.52. The Labute approximate surface area is 175 Å². The SMILES string of the molecule is COc1ccc(N2CCN(CC(=O)c3cc(C)n(-c4nccs4)c3C)CC2)cc1. The summed E-state index contributed by atoms with van der Waals surface area (Å²) in [4.78, 5) is 22.0. The van der Waals surface area contributed by atoms with E-state index < -0.39 is 0 Å². The van der Waals surface area contributed by atoms with Gasteiger partial charge in [0.15, 0.2) is 10.9 Å². The lowest BCUT2D eigenvalue weighted by Gasteiger charge is -2.35. The van der Waals surface area contributed by atoms with Crippen LogP contribution in [0.15, 0.2) is 41.9 Å². The molecule has 152 valence electrons. The van der Waals surface area contributed by atoms with Crippen LogP contribution in [-0.4, -0.2) is 60.1 Å².